The van der Waals surface area contributed by atoms with Gasteiger partial charge in [-0.3, -0.25) is 9.59 Å². The van der Waals surface area contributed by atoms with Gasteiger partial charge in [-0.1, -0.05) is 66.9 Å². The summed E-state index contributed by atoms with van der Waals surface area (Å²) in [4.78, 5) is 37.8. The van der Waals surface area contributed by atoms with E-state index in [2.05, 4.69) is 34.9 Å². The zero-order valence-electron chi connectivity index (χ0n) is 20.4. The highest BCUT2D eigenvalue weighted by molar-refractivity contribution is 5.94. The molecule has 0 aliphatic heterocycles. The third-order valence-electron chi connectivity index (χ3n) is 6.06. The summed E-state index contributed by atoms with van der Waals surface area (Å²) in [5.41, 5.74) is 8.08. The maximum absolute atomic E-state index is 13.3. The number of ether oxygens (including phenoxy) is 1. The molecule has 182 valence electrons. The molecule has 34 heavy (non-hydrogen) atoms. The smallest absolute Gasteiger partial charge is 0.408 e. The van der Waals surface area contributed by atoms with Gasteiger partial charge in [0.05, 0.1) is 0 Å². The molecule has 1 aliphatic rings. The number of nitrogens with two attached hydrogens (primary N) is 1. The predicted octanol–water partition coefficient (Wildman–Crippen LogP) is 4.01. The lowest BCUT2D eigenvalue weighted by Gasteiger charge is -2.31. The maximum atomic E-state index is 13.3. The minimum absolute atomic E-state index is 0.262. The molecule has 3 amide bonds. The van der Waals surface area contributed by atoms with E-state index in [1.54, 1.807) is 20.8 Å². The molecule has 1 atom stereocenters. The molecule has 7 heteroatoms. The quantitative estimate of drug-likeness (QED) is 0.574. The molecule has 0 saturated heterocycles. The predicted molar refractivity (Wildman–Crippen MR) is 132 cm³/mol. The second kappa shape index (κ2) is 10.3. The van der Waals surface area contributed by atoms with Gasteiger partial charge in [0.1, 0.15) is 17.2 Å². The van der Waals surface area contributed by atoms with E-state index < -0.39 is 35.1 Å². The minimum atomic E-state index is -1.11. The first-order chi connectivity index (χ1) is 16.0. The van der Waals surface area contributed by atoms with Crippen LogP contribution in [0.25, 0.3) is 11.1 Å². The third kappa shape index (κ3) is 6.59. The van der Waals surface area contributed by atoms with Crippen molar-refractivity contribution in [2.75, 3.05) is 0 Å². The SMILES string of the molecule is Cc1ccc(-c2ccc(CC(NC(=O)C3(NC(=O)OC(C)(C)C)CCCC3)C(N)=O)cc2)cc1. The molecule has 4 N–H and O–H groups in total. The van der Waals surface area contributed by atoms with Crippen LogP contribution in [-0.4, -0.2) is 35.1 Å². The maximum Gasteiger partial charge on any atom is 0.408 e. The Bertz CT molecular complexity index is 1020. The second-order valence-corrected chi connectivity index (χ2v) is 10.1. The highest BCUT2D eigenvalue weighted by Gasteiger charge is 2.44. The Kier molecular flexibility index (Phi) is 7.64. The Morgan fingerprint density at radius 3 is 2.00 bits per heavy atom. The molecular formula is C27H35N3O4. The molecule has 1 aliphatic carbocycles. The standard InChI is InChI=1S/C27H35N3O4/c1-18-7-11-20(12-8-18)21-13-9-19(10-14-21)17-22(23(28)31)29-24(32)27(15-5-6-16-27)30-25(33)34-26(2,3)4/h7-14,22H,5-6,15-17H2,1-4H3,(H2,28,31)(H,29,32)(H,30,33). The highest BCUT2D eigenvalue weighted by atomic mass is 16.6. The third-order valence-corrected chi connectivity index (χ3v) is 6.06. The Labute approximate surface area is 201 Å². The first-order valence-electron chi connectivity index (χ1n) is 11.7. The number of carbonyl (C=O) groups excluding carboxylic acids is 3. The first-order valence-corrected chi connectivity index (χ1v) is 11.7. The fourth-order valence-corrected chi connectivity index (χ4v) is 4.22. The zero-order valence-corrected chi connectivity index (χ0v) is 20.4. The second-order valence-electron chi connectivity index (χ2n) is 10.1. The van der Waals surface area contributed by atoms with Crippen molar-refractivity contribution in [1.82, 2.24) is 10.6 Å². The van der Waals surface area contributed by atoms with Gasteiger partial charge in [-0.15, -0.1) is 0 Å². The average molecular weight is 466 g/mol. The molecule has 0 spiro atoms. The molecule has 1 fully saturated rings. The van der Waals surface area contributed by atoms with Gasteiger partial charge in [0.25, 0.3) is 0 Å². The van der Waals surface area contributed by atoms with Crippen LogP contribution in [0.5, 0.6) is 0 Å². The molecule has 1 unspecified atom stereocenters. The number of alkyl carbamates (subject to hydrolysis) is 1. The van der Waals surface area contributed by atoms with Crippen molar-refractivity contribution in [3.05, 3.63) is 59.7 Å². The number of aryl methyl sites for hydroxylation is 1. The topological polar surface area (TPSA) is 111 Å². The van der Waals surface area contributed by atoms with Gasteiger partial charge >= 0.3 is 6.09 Å². The summed E-state index contributed by atoms with van der Waals surface area (Å²) in [6, 6.07) is 15.2. The number of hydrogen-bond donors (Lipinski definition) is 3. The van der Waals surface area contributed by atoms with Crippen molar-refractivity contribution in [2.45, 2.75) is 77.0 Å². The van der Waals surface area contributed by atoms with Gasteiger partial charge in [-0.05, 0) is 57.2 Å². The van der Waals surface area contributed by atoms with Crippen molar-refractivity contribution in [3.63, 3.8) is 0 Å². The van der Waals surface area contributed by atoms with Crippen molar-refractivity contribution in [3.8, 4) is 11.1 Å². The number of hydrogen-bond acceptors (Lipinski definition) is 4. The highest BCUT2D eigenvalue weighted by Crippen LogP contribution is 2.31. The summed E-state index contributed by atoms with van der Waals surface area (Å²) in [6.45, 7) is 7.34. The summed E-state index contributed by atoms with van der Waals surface area (Å²) in [5.74, 6) is -1.03. The Morgan fingerprint density at radius 1 is 0.971 bits per heavy atom. The van der Waals surface area contributed by atoms with Gasteiger partial charge < -0.3 is 21.1 Å². The first kappa shape index (κ1) is 25.3. The molecule has 0 aromatic heterocycles. The van der Waals surface area contributed by atoms with Crippen LogP contribution in [0.2, 0.25) is 0 Å². The number of carbonyl (C=O) groups is 3. The van der Waals surface area contributed by atoms with Crippen molar-refractivity contribution < 1.29 is 19.1 Å². The van der Waals surface area contributed by atoms with Crippen LogP contribution in [0.3, 0.4) is 0 Å². The van der Waals surface area contributed by atoms with Gasteiger partial charge in [0.15, 0.2) is 0 Å². The summed E-state index contributed by atoms with van der Waals surface area (Å²) >= 11 is 0. The Balaban J connectivity index is 1.69. The minimum Gasteiger partial charge on any atom is -0.444 e. The number of benzene rings is 2. The summed E-state index contributed by atoms with van der Waals surface area (Å²) < 4.78 is 5.36. The normalized spacial score (nSPS) is 15.9. The lowest BCUT2D eigenvalue weighted by atomic mass is 9.95. The largest absolute Gasteiger partial charge is 0.444 e. The summed E-state index contributed by atoms with van der Waals surface area (Å²) in [5, 5.41) is 5.55. The number of rotatable bonds is 7. The van der Waals surface area contributed by atoms with Crippen LogP contribution >= 0.6 is 0 Å². The van der Waals surface area contributed by atoms with Crippen LogP contribution in [0, 0.1) is 6.92 Å². The van der Waals surface area contributed by atoms with Crippen LogP contribution in [0.1, 0.15) is 57.6 Å². The summed E-state index contributed by atoms with van der Waals surface area (Å²) in [6.07, 6.45) is 2.17. The van der Waals surface area contributed by atoms with Gasteiger partial charge in [-0.2, -0.15) is 0 Å². The molecule has 0 radical (unpaired) electrons. The van der Waals surface area contributed by atoms with Crippen LogP contribution in [-0.2, 0) is 20.7 Å². The Morgan fingerprint density at radius 2 is 1.50 bits per heavy atom. The number of nitrogens with one attached hydrogen (secondary N) is 2. The molecule has 2 aromatic carbocycles. The molecule has 2 aromatic rings. The lowest BCUT2D eigenvalue weighted by Crippen LogP contribution is -2.61. The van der Waals surface area contributed by atoms with Crippen molar-refractivity contribution in [1.29, 1.82) is 0 Å². The van der Waals surface area contributed by atoms with Crippen molar-refractivity contribution in [2.24, 2.45) is 5.73 Å². The van der Waals surface area contributed by atoms with Crippen LogP contribution in [0.15, 0.2) is 48.5 Å². The molecule has 7 nitrogen and oxygen atoms in total. The lowest BCUT2D eigenvalue weighted by molar-refractivity contribution is -0.131. The van der Waals surface area contributed by atoms with E-state index >= 15 is 0 Å². The monoisotopic (exact) mass is 465 g/mol. The van der Waals surface area contributed by atoms with Crippen LogP contribution < -0.4 is 16.4 Å². The fourth-order valence-electron chi connectivity index (χ4n) is 4.22. The van der Waals surface area contributed by atoms with E-state index in [-0.39, 0.29) is 6.42 Å². The molecule has 0 heterocycles. The molecular weight excluding hydrogens is 430 g/mol. The number of amides is 3. The fraction of sp³-hybridized carbons (Fsp3) is 0.444. The zero-order chi connectivity index (χ0) is 24.9. The van der Waals surface area contributed by atoms with Gasteiger partial charge in [-0.25, -0.2) is 4.79 Å². The van der Waals surface area contributed by atoms with E-state index in [0.29, 0.717) is 12.8 Å². The van der Waals surface area contributed by atoms with Crippen LogP contribution in [0.4, 0.5) is 4.79 Å². The molecule has 0 bridgehead atoms. The van der Waals surface area contributed by atoms with Gasteiger partial charge in [0, 0.05) is 6.42 Å². The van der Waals surface area contributed by atoms with E-state index in [1.807, 2.05) is 31.2 Å². The van der Waals surface area contributed by atoms with E-state index in [4.69, 9.17) is 10.5 Å². The van der Waals surface area contributed by atoms with Crippen molar-refractivity contribution >= 4 is 17.9 Å². The van der Waals surface area contributed by atoms with E-state index in [1.165, 1.54) is 5.56 Å². The summed E-state index contributed by atoms with van der Waals surface area (Å²) in [7, 11) is 0. The molecule has 3 rings (SSSR count). The van der Waals surface area contributed by atoms with Gasteiger partial charge in [0.2, 0.25) is 11.8 Å². The number of primary amides is 1. The van der Waals surface area contributed by atoms with E-state index in [0.717, 1.165) is 29.5 Å². The van der Waals surface area contributed by atoms with E-state index in [9.17, 15) is 14.4 Å². The Hall–Kier alpha value is -3.35. The average Bonchev–Trinajstić information content (AvgIpc) is 3.22. The molecule has 1 saturated carbocycles.